The first-order valence-electron chi connectivity index (χ1n) is 7.12. The van der Waals surface area contributed by atoms with Crippen LogP contribution in [0.5, 0.6) is 5.75 Å². The van der Waals surface area contributed by atoms with Gasteiger partial charge in [-0.2, -0.15) is 5.10 Å². The first-order valence-corrected chi connectivity index (χ1v) is 7.50. The van der Waals surface area contributed by atoms with Crippen LogP contribution in [0, 0.1) is 13.8 Å². The Kier molecular flexibility index (Phi) is 5.44. The van der Waals surface area contributed by atoms with Gasteiger partial charge in [-0.1, -0.05) is 23.7 Å². The summed E-state index contributed by atoms with van der Waals surface area (Å²) < 4.78 is 7.25. The number of halogens is 1. The molecule has 0 radical (unpaired) electrons. The highest BCUT2D eigenvalue weighted by molar-refractivity contribution is 6.32. The molecule has 2 aromatic rings. The fourth-order valence-electron chi connectivity index (χ4n) is 2.26. The Bertz CT molecular complexity index is 667. The number of carbonyl (C=O) groups is 1. The van der Waals surface area contributed by atoms with Crippen molar-refractivity contribution in [3.63, 3.8) is 0 Å². The van der Waals surface area contributed by atoms with Crippen LogP contribution in [-0.2, 0) is 18.3 Å². The number of aryl methyl sites for hydroxylation is 2. The van der Waals surface area contributed by atoms with E-state index >= 15 is 0 Å². The highest BCUT2D eigenvalue weighted by Crippen LogP contribution is 2.22. The second kappa shape index (κ2) is 7.31. The lowest BCUT2D eigenvalue weighted by atomic mass is 10.1. The number of para-hydroxylation sites is 1. The maximum absolute atomic E-state index is 11.8. The lowest BCUT2D eigenvalue weighted by Gasteiger charge is -2.08. The number of hydrogen-bond donors (Lipinski definition) is 1. The van der Waals surface area contributed by atoms with Crippen molar-refractivity contribution in [3.05, 3.63) is 46.2 Å². The Morgan fingerprint density at radius 3 is 2.73 bits per heavy atom. The molecule has 0 aliphatic carbocycles. The van der Waals surface area contributed by atoms with Gasteiger partial charge >= 0.3 is 0 Å². The van der Waals surface area contributed by atoms with Gasteiger partial charge in [0.05, 0.1) is 10.7 Å². The van der Waals surface area contributed by atoms with E-state index in [1.54, 1.807) is 12.1 Å². The lowest BCUT2D eigenvalue weighted by Crippen LogP contribution is -2.30. The van der Waals surface area contributed by atoms with E-state index in [0.717, 1.165) is 17.8 Å². The highest BCUT2D eigenvalue weighted by atomic mass is 35.5. The molecule has 22 heavy (non-hydrogen) atoms. The molecule has 5 nitrogen and oxygen atoms in total. The van der Waals surface area contributed by atoms with Crippen LogP contribution in [0.4, 0.5) is 0 Å². The minimum absolute atomic E-state index is 0.0469. The van der Waals surface area contributed by atoms with E-state index < -0.39 is 0 Å². The molecular formula is C16H20ClN3O2. The smallest absolute Gasteiger partial charge is 0.257 e. The normalized spacial score (nSPS) is 10.5. The SMILES string of the molecule is Cc1nn(C)c(C)c1CCNC(=O)COc1ccccc1Cl. The molecule has 1 heterocycles. The second-order valence-electron chi connectivity index (χ2n) is 5.09. The first-order chi connectivity index (χ1) is 10.5. The van der Waals surface area contributed by atoms with Crippen LogP contribution in [0.2, 0.25) is 5.02 Å². The highest BCUT2D eigenvalue weighted by Gasteiger charge is 2.10. The summed E-state index contributed by atoms with van der Waals surface area (Å²) in [4.78, 5) is 11.8. The molecule has 6 heteroatoms. The lowest BCUT2D eigenvalue weighted by molar-refractivity contribution is -0.123. The van der Waals surface area contributed by atoms with Crippen molar-refractivity contribution in [2.24, 2.45) is 7.05 Å². The van der Waals surface area contributed by atoms with Crippen LogP contribution in [0.25, 0.3) is 0 Å². The molecule has 0 saturated heterocycles. The number of ether oxygens (including phenoxy) is 1. The van der Waals surface area contributed by atoms with E-state index in [0.29, 0.717) is 17.3 Å². The van der Waals surface area contributed by atoms with Crippen molar-refractivity contribution in [1.82, 2.24) is 15.1 Å². The summed E-state index contributed by atoms with van der Waals surface area (Å²) in [6.07, 6.45) is 0.753. The fourth-order valence-corrected chi connectivity index (χ4v) is 2.45. The maximum atomic E-state index is 11.8. The predicted octanol–water partition coefficient (Wildman–Crippen LogP) is 2.43. The van der Waals surface area contributed by atoms with Gasteiger partial charge in [-0.15, -0.1) is 0 Å². The summed E-state index contributed by atoms with van der Waals surface area (Å²) in [5, 5.41) is 7.70. The zero-order chi connectivity index (χ0) is 16.1. The number of nitrogens with one attached hydrogen (secondary N) is 1. The monoisotopic (exact) mass is 321 g/mol. The third-order valence-electron chi connectivity index (χ3n) is 3.55. The van der Waals surface area contributed by atoms with Crippen LogP contribution in [0.1, 0.15) is 17.0 Å². The van der Waals surface area contributed by atoms with Crippen molar-refractivity contribution in [1.29, 1.82) is 0 Å². The molecule has 118 valence electrons. The van der Waals surface area contributed by atoms with Crippen LogP contribution >= 0.6 is 11.6 Å². The summed E-state index contributed by atoms with van der Waals surface area (Å²) in [6, 6.07) is 7.08. The standard InChI is InChI=1S/C16H20ClN3O2/c1-11-13(12(2)20(3)19-11)8-9-18-16(21)10-22-15-7-5-4-6-14(15)17/h4-7H,8-10H2,1-3H3,(H,18,21). The number of hydrogen-bond acceptors (Lipinski definition) is 3. The maximum Gasteiger partial charge on any atom is 0.257 e. The van der Waals surface area contributed by atoms with E-state index in [-0.39, 0.29) is 12.5 Å². The zero-order valence-corrected chi connectivity index (χ0v) is 13.8. The molecule has 0 aliphatic rings. The Hall–Kier alpha value is -2.01. The molecule has 0 spiro atoms. The van der Waals surface area contributed by atoms with Crippen LogP contribution in [0.15, 0.2) is 24.3 Å². The van der Waals surface area contributed by atoms with Gasteiger partial charge in [0.15, 0.2) is 6.61 Å². The number of amides is 1. The summed E-state index contributed by atoms with van der Waals surface area (Å²) in [5.74, 6) is 0.345. The number of benzene rings is 1. The van der Waals surface area contributed by atoms with Crippen LogP contribution in [0.3, 0.4) is 0 Å². The van der Waals surface area contributed by atoms with Gasteiger partial charge in [-0.25, -0.2) is 0 Å². The van der Waals surface area contributed by atoms with Crippen LogP contribution < -0.4 is 10.1 Å². The van der Waals surface area contributed by atoms with Gasteiger partial charge in [-0.3, -0.25) is 9.48 Å². The quantitative estimate of drug-likeness (QED) is 0.889. The van der Waals surface area contributed by atoms with E-state index in [1.807, 2.05) is 37.7 Å². The average Bonchev–Trinajstić information content (AvgIpc) is 2.72. The van der Waals surface area contributed by atoms with E-state index in [9.17, 15) is 4.79 Å². The number of rotatable bonds is 6. The summed E-state index contributed by atoms with van der Waals surface area (Å²) >= 11 is 5.96. The Labute approximate surface area is 135 Å². The third-order valence-corrected chi connectivity index (χ3v) is 3.86. The van der Waals surface area contributed by atoms with Gasteiger partial charge in [0.25, 0.3) is 5.91 Å². The minimum Gasteiger partial charge on any atom is -0.482 e. The molecule has 0 fully saturated rings. The van der Waals surface area contributed by atoms with Crippen molar-refractivity contribution < 1.29 is 9.53 Å². The van der Waals surface area contributed by atoms with E-state index in [4.69, 9.17) is 16.3 Å². The van der Waals surface area contributed by atoms with Gasteiger partial charge in [0.2, 0.25) is 0 Å². The number of nitrogens with zero attached hydrogens (tertiary/aromatic N) is 2. The van der Waals surface area contributed by atoms with Crippen molar-refractivity contribution in [2.75, 3.05) is 13.2 Å². The van der Waals surface area contributed by atoms with Gasteiger partial charge < -0.3 is 10.1 Å². The molecule has 1 aromatic carbocycles. The zero-order valence-electron chi connectivity index (χ0n) is 13.0. The van der Waals surface area contributed by atoms with Gasteiger partial charge in [0.1, 0.15) is 5.75 Å². The molecule has 0 aliphatic heterocycles. The Morgan fingerprint density at radius 1 is 1.36 bits per heavy atom. The third kappa shape index (κ3) is 4.01. The van der Waals surface area contributed by atoms with Gasteiger partial charge in [0, 0.05) is 19.3 Å². The second-order valence-corrected chi connectivity index (χ2v) is 5.50. The molecule has 1 amide bonds. The largest absolute Gasteiger partial charge is 0.482 e. The number of aromatic nitrogens is 2. The molecule has 0 bridgehead atoms. The topological polar surface area (TPSA) is 56.2 Å². The Balaban J connectivity index is 1.78. The Morgan fingerprint density at radius 2 is 2.09 bits per heavy atom. The van der Waals surface area contributed by atoms with E-state index in [2.05, 4.69) is 10.4 Å². The van der Waals surface area contributed by atoms with E-state index in [1.165, 1.54) is 5.56 Å². The summed E-state index contributed by atoms with van der Waals surface area (Å²) in [6.45, 7) is 4.51. The summed E-state index contributed by atoms with van der Waals surface area (Å²) in [5.41, 5.74) is 3.30. The minimum atomic E-state index is -0.167. The number of carbonyl (C=O) groups excluding carboxylic acids is 1. The van der Waals surface area contributed by atoms with Gasteiger partial charge in [-0.05, 0) is 38.0 Å². The van der Waals surface area contributed by atoms with Crippen LogP contribution in [-0.4, -0.2) is 28.8 Å². The molecule has 0 unspecified atom stereocenters. The molecule has 0 saturated carbocycles. The predicted molar refractivity (Wildman–Crippen MR) is 86.3 cm³/mol. The molecule has 0 atom stereocenters. The fraction of sp³-hybridized carbons (Fsp3) is 0.375. The first kappa shape index (κ1) is 16.4. The molecule has 2 rings (SSSR count). The molecule has 1 aromatic heterocycles. The van der Waals surface area contributed by atoms with Crippen molar-refractivity contribution in [2.45, 2.75) is 20.3 Å². The van der Waals surface area contributed by atoms with Crippen molar-refractivity contribution in [3.8, 4) is 5.75 Å². The summed E-state index contributed by atoms with van der Waals surface area (Å²) in [7, 11) is 1.92. The van der Waals surface area contributed by atoms with Crippen molar-refractivity contribution >= 4 is 17.5 Å². The molecule has 1 N–H and O–H groups in total. The average molecular weight is 322 g/mol. The molecular weight excluding hydrogens is 302 g/mol.